The lowest BCUT2D eigenvalue weighted by Crippen LogP contribution is -2.38. The van der Waals surface area contributed by atoms with Crippen LogP contribution in [0.3, 0.4) is 0 Å². The maximum absolute atomic E-state index is 4.07. The van der Waals surface area contributed by atoms with Gasteiger partial charge in [-0.05, 0) is 19.4 Å². The molecule has 1 aromatic carbocycles. The van der Waals surface area contributed by atoms with Crippen molar-refractivity contribution in [2.75, 3.05) is 13.6 Å². The van der Waals surface area contributed by atoms with Crippen LogP contribution in [0.2, 0.25) is 0 Å². The molecule has 0 bridgehead atoms. The molecule has 1 aromatic rings. The molecule has 0 N–H and O–H groups in total. The largest absolute Gasteiger partial charge is 0.296 e. The lowest BCUT2D eigenvalue weighted by Gasteiger charge is -2.30. The number of unbranched alkanes of at least 4 members (excludes halogenated alkanes) is 9. The molecule has 0 fully saturated rings. The Labute approximate surface area is 145 Å². The van der Waals surface area contributed by atoms with Crippen LogP contribution < -0.4 is 0 Å². The summed E-state index contributed by atoms with van der Waals surface area (Å²) in [5.41, 5.74) is 1.40. The van der Waals surface area contributed by atoms with Crippen LogP contribution in [0.25, 0.3) is 0 Å². The first kappa shape index (κ1) is 20.0. The highest BCUT2D eigenvalue weighted by atomic mass is 15.3. The maximum Gasteiger partial charge on any atom is 0.108 e. The van der Waals surface area contributed by atoms with E-state index in [2.05, 4.69) is 57.1 Å². The van der Waals surface area contributed by atoms with Gasteiger partial charge in [-0.3, -0.25) is 4.48 Å². The molecule has 0 saturated heterocycles. The summed E-state index contributed by atoms with van der Waals surface area (Å²) in [4.78, 5) is 0. The Morgan fingerprint density at radius 1 is 0.826 bits per heavy atom. The van der Waals surface area contributed by atoms with Crippen molar-refractivity contribution in [2.24, 2.45) is 0 Å². The molecular formula is C22H38N+. The Bertz CT molecular complexity index is 398. The molecule has 1 atom stereocenters. The van der Waals surface area contributed by atoms with E-state index in [1.165, 1.54) is 76.3 Å². The van der Waals surface area contributed by atoms with Crippen molar-refractivity contribution in [3.8, 4) is 0 Å². The molecule has 0 aliphatic carbocycles. The van der Waals surface area contributed by atoms with Crippen LogP contribution in [0.5, 0.6) is 0 Å². The van der Waals surface area contributed by atoms with Gasteiger partial charge in [0.2, 0.25) is 0 Å². The summed E-state index contributed by atoms with van der Waals surface area (Å²) in [6.45, 7) is 8.61. The van der Waals surface area contributed by atoms with Gasteiger partial charge in [-0.15, -0.1) is 0 Å². The molecule has 0 heterocycles. The van der Waals surface area contributed by atoms with E-state index in [0.29, 0.717) is 0 Å². The van der Waals surface area contributed by atoms with Crippen molar-refractivity contribution in [3.63, 3.8) is 0 Å². The van der Waals surface area contributed by atoms with E-state index in [-0.39, 0.29) is 0 Å². The van der Waals surface area contributed by atoms with Crippen LogP contribution in [-0.2, 0) is 6.54 Å². The summed E-state index contributed by atoms with van der Waals surface area (Å²) in [5.74, 6) is 0. The molecule has 0 spiro atoms. The topological polar surface area (TPSA) is 0 Å². The molecule has 0 amide bonds. The van der Waals surface area contributed by atoms with Crippen molar-refractivity contribution < 1.29 is 4.48 Å². The molecule has 23 heavy (non-hydrogen) atoms. The molecular weight excluding hydrogens is 278 g/mol. The molecule has 1 nitrogen and oxygen atoms in total. The van der Waals surface area contributed by atoms with Crippen LogP contribution in [0.1, 0.15) is 76.7 Å². The monoisotopic (exact) mass is 316 g/mol. The lowest BCUT2D eigenvalue weighted by atomic mass is 10.1. The van der Waals surface area contributed by atoms with Gasteiger partial charge in [0.05, 0.1) is 19.8 Å². The first-order valence-electron chi connectivity index (χ1n) is 9.72. The van der Waals surface area contributed by atoms with Gasteiger partial charge in [0.25, 0.3) is 0 Å². The van der Waals surface area contributed by atoms with Gasteiger partial charge in [0.15, 0.2) is 0 Å². The zero-order chi connectivity index (χ0) is 16.8. The fourth-order valence-electron chi connectivity index (χ4n) is 3.20. The quantitative estimate of drug-likeness (QED) is 0.265. The summed E-state index contributed by atoms with van der Waals surface area (Å²) in [5, 5.41) is 0. The lowest BCUT2D eigenvalue weighted by molar-refractivity contribution is -0.873. The smallest absolute Gasteiger partial charge is 0.108 e. The minimum Gasteiger partial charge on any atom is -0.296 e. The molecule has 0 radical (unpaired) electrons. The summed E-state index contributed by atoms with van der Waals surface area (Å²) in [6, 6.07) is 10.8. The average molecular weight is 317 g/mol. The Morgan fingerprint density at radius 3 is 1.87 bits per heavy atom. The van der Waals surface area contributed by atoms with Crippen LogP contribution in [0.15, 0.2) is 43.1 Å². The molecule has 0 saturated carbocycles. The molecule has 0 aliphatic rings. The summed E-state index contributed by atoms with van der Waals surface area (Å²) in [7, 11) is 2.30. The number of hydrogen-bond donors (Lipinski definition) is 0. The van der Waals surface area contributed by atoms with E-state index in [1.807, 2.05) is 0 Å². The minimum absolute atomic E-state index is 0.945. The normalized spacial score (nSPS) is 13.7. The van der Waals surface area contributed by atoms with Gasteiger partial charge in [-0.25, -0.2) is 0 Å². The third kappa shape index (κ3) is 9.61. The zero-order valence-corrected chi connectivity index (χ0v) is 15.6. The second kappa shape index (κ2) is 12.4. The Morgan fingerprint density at radius 2 is 1.35 bits per heavy atom. The van der Waals surface area contributed by atoms with Gasteiger partial charge in [-0.1, -0.05) is 88.6 Å². The second-order valence-electron chi connectivity index (χ2n) is 7.21. The fourth-order valence-corrected chi connectivity index (χ4v) is 3.20. The third-order valence-electron chi connectivity index (χ3n) is 4.85. The van der Waals surface area contributed by atoms with Crippen molar-refractivity contribution in [1.82, 2.24) is 0 Å². The van der Waals surface area contributed by atoms with Crippen molar-refractivity contribution in [1.29, 1.82) is 0 Å². The number of nitrogens with zero attached hydrogens (tertiary/aromatic N) is 1. The van der Waals surface area contributed by atoms with Gasteiger partial charge in [-0.2, -0.15) is 0 Å². The standard InChI is InChI=1S/C22H38N/c1-4-6-7-8-9-10-11-12-13-17-20-23(3,5-2)21-22-18-15-14-16-19-22/h5,14-16,18-19H,2,4,6-13,17,20-21H2,1,3H3/q+1. The molecule has 0 aromatic heterocycles. The van der Waals surface area contributed by atoms with Crippen molar-refractivity contribution in [3.05, 3.63) is 48.7 Å². The van der Waals surface area contributed by atoms with E-state index in [0.717, 1.165) is 11.0 Å². The van der Waals surface area contributed by atoms with Gasteiger partial charge < -0.3 is 0 Å². The van der Waals surface area contributed by atoms with Gasteiger partial charge in [0, 0.05) is 5.56 Å². The van der Waals surface area contributed by atoms with Crippen LogP contribution in [0, 0.1) is 0 Å². The average Bonchev–Trinajstić information content (AvgIpc) is 2.57. The summed E-state index contributed by atoms with van der Waals surface area (Å²) >= 11 is 0. The van der Waals surface area contributed by atoms with Crippen LogP contribution >= 0.6 is 0 Å². The number of quaternary nitrogens is 1. The van der Waals surface area contributed by atoms with E-state index < -0.39 is 0 Å². The Kier molecular flexibility index (Phi) is 10.7. The highest BCUT2D eigenvalue weighted by molar-refractivity contribution is 5.13. The highest BCUT2D eigenvalue weighted by Crippen LogP contribution is 2.16. The van der Waals surface area contributed by atoms with Gasteiger partial charge >= 0.3 is 0 Å². The van der Waals surface area contributed by atoms with Crippen LogP contribution in [-0.4, -0.2) is 18.1 Å². The molecule has 0 aliphatic heterocycles. The second-order valence-corrected chi connectivity index (χ2v) is 7.21. The zero-order valence-electron chi connectivity index (χ0n) is 15.6. The molecule has 1 rings (SSSR count). The van der Waals surface area contributed by atoms with E-state index in [9.17, 15) is 0 Å². The number of benzene rings is 1. The molecule has 1 heteroatoms. The predicted octanol–water partition coefficient (Wildman–Crippen LogP) is 6.70. The van der Waals surface area contributed by atoms with Crippen molar-refractivity contribution in [2.45, 2.75) is 77.7 Å². The minimum atomic E-state index is 0.945. The maximum atomic E-state index is 4.07. The van der Waals surface area contributed by atoms with Gasteiger partial charge in [0.1, 0.15) is 6.54 Å². The Balaban J connectivity index is 2.09. The predicted molar refractivity (Wildman–Crippen MR) is 103 cm³/mol. The molecule has 130 valence electrons. The fraction of sp³-hybridized carbons (Fsp3) is 0.636. The summed E-state index contributed by atoms with van der Waals surface area (Å²) in [6.07, 6.45) is 16.1. The highest BCUT2D eigenvalue weighted by Gasteiger charge is 2.17. The van der Waals surface area contributed by atoms with E-state index in [4.69, 9.17) is 0 Å². The van der Waals surface area contributed by atoms with E-state index >= 15 is 0 Å². The van der Waals surface area contributed by atoms with E-state index in [1.54, 1.807) is 0 Å². The first-order valence-corrected chi connectivity index (χ1v) is 9.72. The SMILES string of the molecule is C=C[N+](C)(CCCCCCCCCCCC)Cc1ccccc1. The summed E-state index contributed by atoms with van der Waals surface area (Å²) < 4.78 is 0.945. The molecule has 1 unspecified atom stereocenters. The first-order chi connectivity index (χ1) is 11.2. The van der Waals surface area contributed by atoms with Crippen LogP contribution in [0.4, 0.5) is 0 Å². The number of rotatable bonds is 14. The Hall–Kier alpha value is -1.08. The van der Waals surface area contributed by atoms with Crippen molar-refractivity contribution >= 4 is 0 Å². The number of hydrogen-bond acceptors (Lipinski definition) is 0. The third-order valence-corrected chi connectivity index (χ3v) is 4.85.